The van der Waals surface area contributed by atoms with Crippen LogP contribution in [0.15, 0.2) is 42.5 Å². The minimum Gasteiger partial charge on any atom is -0.494 e. The van der Waals surface area contributed by atoms with E-state index in [2.05, 4.69) is 5.32 Å². The minimum atomic E-state index is -0.297. The summed E-state index contributed by atoms with van der Waals surface area (Å²) in [4.78, 5) is 0. The van der Waals surface area contributed by atoms with E-state index in [1.165, 1.54) is 12.7 Å². The largest absolute Gasteiger partial charge is 0.494 e. The van der Waals surface area contributed by atoms with E-state index in [-0.39, 0.29) is 11.6 Å². The molecule has 2 aromatic carbocycles. The monoisotopic (exact) mass is 293 g/mol. The Labute approximate surface area is 123 Å². The highest BCUT2D eigenvalue weighted by molar-refractivity contribution is 6.30. The molecule has 4 heteroatoms. The SMILES string of the molecule is COc1cccc(CNCCc2ccc(Cl)cc2)c1F. The third-order valence-corrected chi connectivity index (χ3v) is 3.33. The first-order valence-corrected chi connectivity index (χ1v) is 6.85. The molecule has 0 fully saturated rings. The summed E-state index contributed by atoms with van der Waals surface area (Å²) in [6, 6.07) is 12.9. The second-order valence-electron chi connectivity index (χ2n) is 4.49. The van der Waals surface area contributed by atoms with Crippen molar-refractivity contribution >= 4 is 11.6 Å². The van der Waals surface area contributed by atoms with Gasteiger partial charge >= 0.3 is 0 Å². The molecule has 0 aliphatic carbocycles. The molecule has 0 spiro atoms. The van der Waals surface area contributed by atoms with Crippen LogP contribution in [0.1, 0.15) is 11.1 Å². The van der Waals surface area contributed by atoms with Crippen LogP contribution in [0.2, 0.25) is 5.02 Å². The van der Waals surface area contributed by atoms with Gasteiger partial charge in [-0.3, -0.25) is 0 Å². The summed E-state index contributed by atoms with van der Waals surface area (Å²) in [5.74, 6) is -0.0176. The fourth-order valence-corrected chi connectivity index (χ4v) is 2.08. The van der Waals surface area contributed by atoms with Gasteiger partial charge in [0.15, 0.2) is 11.6 Å². The summed E-state index contributed by atoms with van der Waals surface area (Å²) in [6.07, 6.45) is 0.878. The van der Waals surface area contributed by atoms with Crippen molar-refractivity contribution in [1.82, 2.24) is 5.32 Å². The Bertz CT molecular complexity index is 557. The van der Waals surface area contributed by atoms with Gasteiger partial charge in [0, 0.05) is 17.1 Å². The van der Waals surface area contributed by atoms with Gasteiger partial charge in [-0.25, -0.2) is 4.39 Å². The highest BCUT2D eigenvalue weighted by atomic mass is 35.5. The lowest BCUT2D eigenvalue weighted by molar-refractivity contribution is 0.383. The van der Waals surface area contributed by atoms with Gasteiger partial charge in [-0.05, 0) is 36.7 Å². The van der Waals surface area contributed by atoms with E-state index in [0.29, 0.717) is 12.1 Å². The van der Waals surface area contributed by atoms with Crippen molar-refractivity contribution in [3.63, 3.8) is 0 Å². The molecule has 0 unspecified atom stereocenters. The maximum atomic E-state index is 13.9. The first-order valence-electron chi connectivity index (χ1n) is 6.47. The van der Waals surface area contributed by atoms with Crippen LogP contribution in [-0.2, 0) is 13.0 Å². The maximum absolute atomic E-state index is 13.9. The van der Waals surface area contributed by atoms with Crippen LogP contribution in [0.25, 0.3) is 0 Å². The van der Waals surface area contributed by atoms with Gasteiger partial charge in [0.1, 0.15) is 0 Å². The Hall–Kier alpha value is -1.58. The Morgan fingerprint density at radius 1 is 1.15 bits per heavy atom. The topological polar surface area (TPSA) is 21.3 Å². The van der Waals surface area contributed by atoms with E-state index in [9.17, 15) is 4.39 Å². The molecule has 0 saturated heterocycles. The van der Waals surface area contributed by atoms with E-state index in [0.717, 1.165) is 18.0 Å². The zero-order valence-corrected chi connectivity index (χ0v) is 12.1. The molecule has 0 radical (unpaired) electrons. The number of hydrogen-bond acceptors (Lipinski definition) is 2. The van der Waals surface area contributed by atoms with Crippen molar-refractivity contribution in [3.8, 4) is 5.75 Å². The molecule has 0 aliphatic heterocycles. The first kappa shape index (κ1) is 14.8. The van der Waals surface area contributed by atoms with E-state index in [4.69, 9.17) is 16.3 Å². The molecule has 0 heterocycles. The molecule has 0 amide bonds. The predicted octanol–water partition coefficient (Wildman–Crippen LogP) is 3.82. The maximum Gasteiger partial charge on any atom is 0.169 e. The highest BCUT2D eigenvalue weighted by Gasteiger charge is 2.07. The second-order valence-corrected chi connectivity index (χ2v) is 4.92. The van der Waals surface area contributed by atoms with Gasteiger partial charge < -0.3 is 10.1 Å². The molecular weight excluding hydrogens is 277 g/mol. The number of hydrogen-bond donors (Lipinski definition) is 1. The van der Waals surface area contributed by atoms with Gasteiger partial charge in [0.05, 0.1) is 7.11 Å². The fourth-order valence-electron chi connectivity index (χ4n) is 1.96. The number of benzene rings is 2. The Morgan fingerprint density at radius 3 is 2.60 bits per heavy atom. The number of ether oxygens (including phenoxy) is 1. The third kappa shape index (κ3) is 3.95. The first-order chi connectivity index (χ1) is 9.70. The van der Waals surface area contributed by atoms with Gasteiger partial charge in [-0.2, -0.15) is 0 Å². The summed E-state index contributed by atoms with van der Waals surface area (Å²) in [6.45, 7) is 1.26. The number of halogens is 2. The summed E-state index contributed by atoms with van der Waals surface area (Å²) >= 11 is 5.83. The molecule has 0 aliphatic rings. The number of methoxy groups -OCH3 is 1. The van der Waals surface area contributed by atoms with E-state index in [1.54, 1.807) is 18.2 Å². The lowest BCUT2D eigenvalue weighted by Gasteiger charge is -2.09. The van der Waals surface area contributed by atoms with Gasteiger partial charge in [-0.1, -0.05) is 35.9 Å². The lowest BCUT2D eigenvalue weighted by Crippen LogP contribution is -2.17. The van der Waals surface area contributed by atoms with Crippen LogP contribution in [0.3, 0.4) is 0 Å². The van der Waals surface area contributed by atoms with Crippen molar-refractivity contribution in [2.45, 2.75) is 13.0 Å². The fraction of sp³-hybridized carbons (Fsp3) is 0.250. The van der Waals surface area contributed by atoms with Crippen molar-refractivity contribution in [2.75, 3.05) is 13.7 Å². The van der Waals surface area contributed by atoms with E-state index in [1.807, 2.05) is 24.3 Å². The van der Waals surface area contributed by atoms with Crippen molar-refractivity contribution < 1.29 is 9.13 Å². The van der Waals surface area contributed by atoms with Crippen LogP contribution in [-0.4, -0.2) is 13.7 Å². The zero-order chi connectivity index (χ0) is 14.4. The van der Waals surface area contributed by atoms with Crippen molar-refractivity contribution in [1.29, 1.82) is 0 Å². The Morgan fingerprint density at radius 2 is 1.90 bits per heavy atom. The van der Waals surface area contributed by atoms with Gasteiger partial charge in [0.2, 0.25) is 0 Å². The summed E-state index contributed by atoms with van der Waals surface area (Å²) in [7, 11) is 1.47. The molecule has 0 aromatic heterocycles. The smallest absolute Gasteiger partial charge is 0.169 e. The normalized spacial score (nSPS) is 10.6. The van der Waals surface area contributed by atoms with Crippen molar-refractivity contribution in [2.24, 2.45) is 0 Å². The third-order valence-electron chi connectivity index (χ3n) is 3.08. The molecular formula is C16H17ClFNO. The lowest BCUT2D eigenvalue weighted by atomic mass is 10.1. The highest BCUT2D eigenvalue weighted by Crippen LogP contribution is 2.19. The van der Waals surface area contributed by atoms with Crippen molar-refractivity contribution in [3.05, 3.63) is 64.4 Å². The summed E-state index contributed by atoms with van der Waals surface area (Å²) in [5.41, 5.74) is 1.81. The average molecular weight is 294 g/mol. The molecule has 2 nitrogen and oxygen atoms in total. The molecule has 2 aromatic rings. The number of rotatable bonds is 6. The molecule has 0 bridgehead atoms. The Balaban J connectivity index is 1.83. The van der Waals surface area contributed by atoms with Crippen LogP contribution in [0.5, 0.6) is 5.75 Å². The van der Waals surface area contributed by atoms with Crippen LogP contribution < -0.4 is 10.1 Å². The summed E-state index contributed by atoms with van der Waals surface area (Å²) < 4.78 is 18.8. The van der Waals surface area contributed by atoms with E-state index < -0.39 is 0 Å². The zero-order valence-electron chi connectivity index (χ0n) is 11.3. The molecule has 20 heavy (non-hydrogen) atoms. The van der Waals surface area contributed by atoms with Crippen LogP contribution in [0, 0.1) is 5.82 Å². The minimum absolute atomic E-state index is 0.280. The van der Waals surface area contributed by atoms with E-state index >= 15 is 0 Å². The molecule has 2 rings (SSSR count). The van der Waals surface area contributed by atoms with Crippen LogP contribution in [0.4, 0.5) is 4.39 Å². The molecule has 1 N–H and O–H groups in total. The second kappa shape index (κ2) is 7.27. The van der Waals surface area contributed by atoms with Crippen LogP contribution >= 0.6 is 11.6 Å². The van der Waals surface area contributed by atoms with Gasteiger partial charge in [-0.15, -0.1) is 0 Å². The van der Waals surface area contributed by atoms with Gasteiger partial charge in [0.25, 0.3) is 0 Å². The molecule has 0 saturated carbocycles. The number of nitrogens with one attached hydrogen (secondary N) is 1. The molecule has 0 atom stereocenters. The molecule has 106 valence electrons. The standard InChI is InChI=1S/C16H17ClFNO/c1-20-15-4-2-3-13(16(15)18)11-19-10-9-12-5-7-14(17)8-6-12/h2-8,19H,9-11H2,1H3. The quantitative estimate of drug-likeness (QED) is 0.818. The summed E-state index contributed by atoms with van der Waals surface area (Å²) in [5, 5.41) is 3.96. The predicted molar refractivity (Wildman–Crippen MR) is 79.8 cm³/mol. The average Bonchev–Trinajstić information content (AvgIpc) is 2.47. The Kier molecular flexibility index (Phi) is 5.39.